The lowest BCUT2D eigenvalue weighted by atomic mass is 9.75. The number of carbonyl (C=O) groups excluding carboxylic acids is 1. The van der Waals surface area contributed by atoms with Gasteiger partial charge in [-0.3, -0.25) is 4.79 Å². The molecule has 4 atom stereocenters. The Hall–Kier alpha value is -0.570. The Labute approximate surface area is 91.1 Å². The van der Waals surface area contributed by atoms with Crippen molar-refractivity contribution in [1.82, 2.24) is 0 Å². The topological polar surface area (TPSA) is 38.8 Å². The summed E-state index contributed by atoms with van der Waals surface area (Å²) >= 11 is 0. The molecule has 0 unspecified atom stereocenters. The van der Waals surface area contributed by atoms with Gasteiger partial charge in [-0.2, -0.15) is 0 Å². The van der Waals surface area contributed by atoms with E-state index >= 15 is 0 Å². The van der Waals surface area contributed by atoms with Gasteiger partial charge in [0.2, 0.25) is 0 Å². The van der Waals surface area contributed by atoms with Crippen LogP contribution in [0.2, 0.25) is 0 Å². The first kappa shape index (κ1) is 10.9. The first-order valence-electron chi connectivity index (χ1n) is 5.79. The van der Waals surface area contributed by atoms with Gasteiger partial charge in [0.05, 0.1) is 5.60 Å². The molecule has 2 fully saturated rings. The second-order valence-electron chi connectivity index (χ2n) is 5.37. The van der Waals surface area contributed by atoms with Gasteiger partial charge in [-0.05, 0) is 25.7 Å². The first-order valence-corrected chi connectivity index (χ1v) is 5.79. The summed E-state index contributed by atoms with van der Waals surface area (Å²) in [5.74, 6) is 0.808. The number of esters is 1. The highest BCUT2D eigenvalue weighted by atomic mass is 16.6. The fraction of sp³-hybridized carbons (Fsp3) is 0.917. The maximum atomic E-state index is 11.1. The number of rotatable bonds is 2. The molecule has 2 rings (SSSR count). The fourth-order valence-corrected chi connectivity index (χ4v) is 2.77. The molecule has 1 heterocycles. The molecule has 0 bridgehead atoms. The van der Waals surface area contributed by atoms with Crippen LogP contribution in [0.3, 0.4) is 0 Å². The standard InChI is InChI=1S/C12H20O3/c1-7(2)9-5-6-12(4)11(15-12)10(9)14-8(3)13/h7,9-11H,5-6H2,1-4H3/t9-,10-,11-,12+/m1/s1. The van der Waals surface area contributed by atoms with Crippen molar-refractivity contribution in [2.45, 2.75) is 58.3 Å². The van der Waals surface area contributed by atoms with E-state index in [-0.39, 0.29) is 23.8 Å². The Morgan fingerprint density at radius 3 is 2.73 bits per heavy atom. The molecule has 3 heteroatoms. The summed E-state index contributed by atoms with van der Waals surface area (Å²) in [5.41, 5.74) is -0.00843. The maximum absolute atomic E-state index is 11.1. The van der Waals surface area contributed by atoms with Crippen LogP contribution >= 0.6 is 0 Å². The summed E-state index contributed by atoms with van der Waals surface area (Å²) in [6.07, 6.45) is 2.31. The summed E-state index contributed by atoms with van der Waals surface area (Å²) in [5, 5.41) is 0. The molecule has 0 amide bonds. The van der Waals surface area contributed by atoms with E-state index in [4.69, 9.17) is 9.47 Å². The minimum Gasteiger partial charge on any atom is -0.459 e. The van der Waals surface area contributed by atoms with Gasteiger partial charge >= 0.3 is 5.97 Å². The molecule has 3 nitrogen and oxygen atoms in total. The maximum Gasteiger partial charge on any atom is 0.303 e. The van der Waals surface area contributed by atoms with Crippen LogP contribution in [-0.2, 0) is 14.3 Å². The number of fused-ring (bicyclic) bond motifs is 1. The number of epoxide rings is 1. The average Bonchev–Trinajstić information content (AvgIpc) is 2.76. The van der Waals surface area contributed by atoms with Crippen molar-refractivity contribution in [3.8, 4) is 0 Å². The van der Waals surface area contributed by atoms with Crippen LogP contribution in [0, 0.1) is 11.8 Å². The van der Waals surface area contributed by atoms with E-state index < -0.39 is 0 Å². The largest absolute Gasteiger partial charge is 0.459 e. The first-order chi connectivity index (χ1) is 6.94. The Morgan fingerprint density at radius 1 is 1.53 bits per heavy atom. The zero-order valence-electron chi connectivity index (χ0n) is 9.95. The molecule has 0 aromatic carbocycles. The van der Waals surface area contributed by atoms with Gasteiger partial charge in [-0.1, -0.05) is 13.8 Å². The second-order valence-corrected chi connectivity index (χ2v) is 5.37. The van der Waals surface area contributed by atoms with Crippen molar-refractivity contribution >= 4 is 5.97 Å². The van der Waals surface area contributed by atoms with Crippen molar-refractivity contribution in [3.63, 3.8) is 0 Å². The zero-order valence-corrected chi connectivity index (χ0v) is 9.95. The molecule has 0 aromatic rings. The Kier molecular flexibility index (Phi) is 2.53. The number of hydrogen-bond acceptors (Lipinski definition) is 3. The van der Waals surface area contributed by atoms with Crippen LogP contribution < -0.4 is 0 Å². The van der Waals surface area contributed by atoms with Gasteiger partial charge in [0.1, 0.15) is 12.2 Å². The molecule has 1 aliphatic carbocycles. The van der Waals surface area contributed by atoms with E-state index in [2.05, 4.69) is 20.8 Å². The summed E-state index contributed by atoms with van der Waals surface area (Å²) in [7, 11) is 0. The zero-order chi connectivity index (χ0) is 11.2. The van der Waals surface area contributed by atoms with Crippen LogP contribution in [0.25, 0.3) is 0 Å². The van der Waals surface area contributed by atoms with E-state index in [1.165, 1.54) is 6.92 Å². The van der Waals surface area contributed by atoms with Crippen molar-refractivity contribution < 1.29 is 14.3 Å². The van der Waals surface area contributed by atoms with E-state index in [9.17, 15) is 4.79 Å². The van der Waals surface area contributed by atoms with Crippen molar-refractivity contribution in [2.24, 2.45) is 11.8 Å². The third-order valence-electron chi connectivity index (χ3n) is 3.79. The van der Waals surface area contributed by atoms with Crippen LogP contribution in [0.4, 0.5) is 0 Å². The summed E-state index contributed by atoms with van der Waals surface area (Å²) in [6.45, 7) is 7.97. The second kappa shape index (κ2) is 3.48. The molecule has 1 saturated heterocycles. The number of ether oxygens (including phenoxy) is 2. The van der Waals surface area contributed by atoms with Crippen molar-refractivity contribution in [2.75, 3.05) is 0 Å². The summed E-state index contributed by atoms with van der Waals surface area (Å²) in [4.78, 5) is 11.1. The molecular weight excluding hydrogens is 192 g/mol. The van der Waals surface area contributed by atoms with Gasteiger partial charge in [0.15, 0.2) is 0 Å². The Bertz CT molecular complexity index is 274. The third kappa shape index (κ3) is 1.89. The molecular formula is C12H20O3. The van der Waals surface area contributed by atoms with Gasteiger partial charge in [-0.25, -0.2) is 0 Å². The van der Waals surface area contributed by atoms with Gasteiger partial charge in [-0.15, -0.1) is 0 Å². The van der Waals surface area contributed by atoms with E-state index in [0.29, 0.717) is 11.8 Å². The lowest BCUT2D eigenvalue weighted by Gasteiger charge is -2.33. The minimum absolute atomic E-state index is 0.00843. The lowest BCUT2D eigenvalue weighted by molar-refractivity contribution is -0.152. The molecule has 0 N–H and O–H groups in total. The predicted molar refractivity (Wildman–Crippen MR) is 56.4 cm³/mol. The molecule has 86 valence electrons. The molecule has 0 spiro atoms. The van der Waals surface area contributed by atoms with E-state index in [0.717, 1.165) is 12.8 Å². The SMILES string of the molecule is CC(=O)O[C@@H]1[C@@H](C(C)C)CC[C@]2(C)O[C@H]12. The molecule has 0 radical (unpaired) electrons. The normalized spacial score (nSPS) is 43.7. The van der Waals surface area contributed by atoms with Gasteiger partial charge in [0, 0.05) is 12.8 Å². The molecule has 1 aliphatic heterocycles. The Morgan fingerprint density at radius 2 is 2.20 bits per heavy atom. The smallest absolute Gasteiger partial charge is 0.303 e. The van der Waals surface area contributed by atoms with Crippen LogP contribution in [0.1, 0.15) is 40.5 Å². The lowest BCUT2D eigenvalue weighted by Crippen LogP contribution is -2.41. The highest BCUT2D eigenvalue weighted by molar-refractivity contribution is 5.66. The third-order valence-corrected chi connectivity index (χ3v) is 3.79. The molecule has 15 heavy (non-hydrogen) atoms. The molecule has 1 saturated carbocycles. The molecule has 0 aromatic heterocycles. The summed E-state index contributed by atoms with van der Waals surface area (Å²) in [6, 6.07) is 0. The van der Waals surface area contributed by atoms with Gasteiger partial charge in [0.25, 0.3) is 0 Å². The summed E-state index contributed by atoms with van der Waals surface area (Å²) < 4.78 is 11.1. The Balaban J connectivity index is 2.09. The fourth-order valence-electron chi connectivity index (χ4n) is 2.77. The predicted octanol–water partition coefficient (Wildman–Crippen LogP) is 2.14. The van der Waals surface area contributed by atoms with Crippen LogP contribution in [-0.4, -0.2) is 23.8 Å². The van der Waals surface area contributed by atoms with E-state index in [1.807, 2.05) is 0 Å². The monoisotopic (exact) mass is 212 g/mol. The van der Waals surface area contributed by atoms with Crippen LogP contribution in [0.15, 0.2) is 0 Å². The quantitative estimate of drug-likeness (QED) is 0.520. The highest BCUT2D eigenvalue weighted by Crippen LogP contribution is 2.51. The average molecular weight is 212 g/mol. The van der Waals surface area contributed by atoms with Crippen molar-refractivity contribution in [3.05, 3.63) is 0 Å². The van der Waals surface area contributed by atoms with Crippen LogP contribution in [0.5, 0.6) is 0 Å². The van der Waals surface area contributed by atoms with Gasteiger partial charge < -0.3 is 9.47 Å². The van der Waals surface area contributed by atoms with Crippen molar-refractivity contribution in [1.29, 1.82) is 0 Å². The highest BCUT2D eigenvalue weighted by Gasteiger charge is 2.62. The minimum atomic E-state index is -0.189. The molecule has 2 aliphatic rings. The van der Waals surface area contributed by atoms with E-state index in [1.54, 1.807) is 0 Å². The number of hydrogen-bond donors (Lipinski definition) is 0. The number of carbonyl (C=O) groups is 1.